The molecule has 0 bridgehead atoms. The lowest BCUT2D eigenvalue weighted by Gasteiger charge is -2.30. The lowest BCUT2D eigenvalue weighted by molar-refractivity contribution is -0.120. The first-order chi connectivity index (χ1) is 14.8. The summed E-state index contributed by atoms with van der Waals surface area (Å²) in [6.07, 6.45) is 3.87. The van der Waals surface area contributed by atoms with Crippen LogP contribution in [0.15, 0.2) is 21.7 Å². The molecule has 0 aliphatic carbocycles. The van der Waals surface area contributed by atoms with E-state index in [4.69, 9.17) is 0 Å². The summed E-state index contributed by atoms with van der Waals surface area (Å²) in [5, 5.41) is 5.53. The van der Waals surface area contributed by atoms with Crippen LogP contribution in [0, 0.1) is 18.8 Å². The summed E-state index contributed by atoms with van der Waals surface area (Å²) in [4.78, 5) is 20.8. The molecule has 31 heavy (non-hydrogen) atoms. The van der Waals surface area contributed by atoms with Gasteiger partial charge in [0.1, 0.15) is 4.21 Å². The first kappa shape index (κ1) is 22.8. The quantitative estimate of drug-likeness (QED) is 0.677. The van der Waals surface area contributed by atoms with Gasteiger partial charge >= 0.3 is 0 Å². The molecule has 7 nitrogen and oxygen atoms in total. The van der Waals surface area contributed by atoms with Crippen LogP contribution in [0.2, 0.25) is 0 Å². The van der Waals surface area contributed by atoms with Crippen LogP contribution in [0.5, 0.6) is 0 Å². The number of hydrogen-bond acceptors (Lipinski definition) is 7. The van der Waals surface area contributed by atoms with Crippen molar-refractivity contribution >= 4 is 43.7 Å². The molecule has 2 aromatic heterocycles. The van der Waals surface area contributed by atoms with E-state index in [1.807, 2.05) is 18.4 Å². The van der Waals surface area contributed by atoms with Gasteiger partial charge in [-0.25, -0.2) is 13.4 Å². The van der Waals surface area contributed by atoms with Crippen molar-refractivity contribution in [1.82, 2.24) is 14.2 Å². The number of carbonyl (C=O) groups is 1. The molecule has 170 valence electrons. The Bertz CT molecular complexity index is 1020. The lowest BCUT2D eigenvalue weighted by atomic mass is 9.99. The van der Waals surface area contributed by atoms with Gasteiger partial charge in [-0.3, -0.25) is 9.69 Å². The van der Waals surface area contributed by atoms with Gasteiger partial charge in [0.2, 0.25) is 5.91 Å². The van der Waals surface area contributed by atoms with Gasteiger partial charge in [-0.1, -0.05) is 6.92 Å². The number of thiophene rings is 1. The molecule has 0 saturated carbocycles. The Hall–Kier alpha value is -1.33. The van der Waals surface area contributed by atoms with Crippen LogP contribution in [0.1, 0.15) is 43.2 Å². The van der Waals surface area contributed by atoms with E-state index in [0.29, 0.717) is 28.7 Å². The van der Waals surface area contributed by atoms with Crippen LogP contribution in [-0.4, -0.2) is 54.7 Å². The summed E-state index contributed by atoms with van der Waals surface area (Å²) in [7, 11) is -3.54. The van der Waals surface area contributed by atoms with E-state index in [2.05, 4.69) is 22.1 Å². The zero-order valence-electron chi connectivity index (χ0n) is 18.0. The third kappa shape index (κ3) is 5.54. The molecule has 1 amide bonds. The molecular formula is C21H30N4O3S3. The number of sulfonamides is 1. The Morgan fingerprint density at radius 2 is 2.03 bits per heavy atom. The average Bonchev–Trinajstić information content (AvgIpc) is 3.37. The van der Waals surface area contributed by atoms with Crippen LogP contribution >= 0.6 is 22.7 Å². The van der Waals surface area contributed by atoms with Gasteiger partial charge < -0.3 is 5.32 Å². The Morgan fingerprint density at radius 1 is 1.23 bits per heavy atom. The number of aromatic nitrogens is 1. The van der Waals surface area contributed by atoms with Crippen molar-refractivity contribution in [3.63, 3.8) is 0 Å². The number of amides is 1. The van der Waals surface area contributed by atoms with E-state index in [-0.39, 0.29) is 18.4 Å². The van der Waals surface area contributed by atoms with Gasteiger partial charge in [0.15, 0.2) is 5.13 Å². The predicted molar refractivity (Wildman–Crippen MR) is 125 cm³/mol. The van der Waals surface area contributed by atoms with Crippen LogP contribution in [0.3, 0.4) is 0 Å². The number of nitrogens with one attached hydrogen (secondary N) is 1. The van der Waals surface area contributed by atoms with Crippen LogP contribution in [0.4, 0.5) is 5.13 Å². The average molecular weight is 483 g/mol. The SMILES string of the molecule is Cc1ccc(S(=O)(=O)N2CCCC(C(=O)Nc3nc(CN4CCCC(C)C4)cs3)C2)s1. The molecule has 2 aliphatic rings. The van der Waals surface area contributed by atoms with Gasteiger partial charge in [0.05, 0.1) is 11.6 Å². The number of nitrogens with zero attached hydrogens (tertiary/aromatic N) is 3. The molecule has 2 unspecified atom stereocenters. The van der Waals surface area contributed by atoms with Crippen LogP contribution < -0.4 is 5.32 Å². The van der Waals surface area contributed by atoms with Crippen LogP contribution in [-0.2, 0) is 21.4 Å². The molecular weight excluding hydrogens is 452 g/mol. The highest BCUT2D eigenvalue weighted by Gasteiger charge is 2.34. The normalized spacial score (nSPS) is 23.7. The maximum Gasteiger partial charge on any atom is 0.252 e. The fourth-order valence-electron chi connectivity index (χ4n) is 4.36. The number of likely N-dealkylation sites (tertiary alicyclic amines) is 1. The summed E-state index contributed by atoms with van der Waals surface area (Å²) in [5.74, 6) is 0.213. The maximum absolute atomic E-state index is 12.9. The van der Waals surface area contributed by atoms with Crippen molar-refractivity contribution in [3.8, 4) is 0 Å². The highest BCUT2D eigenvalue weighted by atomic mass is 32.2. The van der Waals surface area contributed by atoms with Crippen molar-refractivity contribution in [3.05, 3.63) is 28.1 Å². The largest absolute Gasteiger partial charge is 0.302 e. The van der Waals surface area contributed by atoms with E-state index in [1.54, 1.807) is 6.07 Å². The molecule has 2 aromatic rings. The minimum absolute atomic E-state index is 0.144. The highest BCUT2D eigenvalue weighted by molar-refractivity contribution is 7.91. The smallest absolute Gasteiger partial charge is 0.252 e. The van der Waals surface area contributed by atoms with E-state index in [1.165, 1.54) is 39.8 Å². The van der Waals surface area contributed by atoms with Gasteiger partial charge in [0.25, 0.3) is 10.0 Å². The van der Waals surface area contributed by atoms with E-state index >= 15 is 0 Å². The Morgan fingerprint density at radius 3 is 2.77 bits per heavy atom. The molecule has 0 aromatic carbocycles. The third-order valence-corrected chi connectivity index (χ3v) is 10.1. The fraction of sp³-hybridized carbons (Fsp3) is 0.619. The second-order valence-corrected chi connectivity index (χ2v) is 13.0. The molecule has 4 heterocycles. The molecule has 0 radical (unpaired) electrons. The van der Waals surface area contributed by atoms with E-state index < -0.39 is 10.0 Å². The summed E-state index contributed by atoms with van der Waals surface area (Å²) in [5.41, 5.74) is 0.982. The molecule has 10 heteroatoms. The number of rotatable bonds is 6. The monoisotopic (exact) mass is 482 g/mol. The number of piperidine rings is 2. The number of carbonyl (C=O) groups excluding carboxylic acids is 1. The summed E-state index contributed by atoms with van der Waals surface area (Å²) in [6, 6.07) is 3.47. The number of anilines is 1. The first-order valence-corrected chi connectivity index (χ1v) is 14.0. The molecule has 2 saturated heterocycles. The molecule has 1 N–H and O–H groups in total. The number of hydrogen-bond donors (Lipinski definition) is 1. The molecule has 0 spiro atoms. The molecule has 4 rings (SSSR count). The van der Waals surface area contributed by atoms with Gasteiger partial charge in [-0.15, -0.1) is 22.7 Å². The van der Waals surface area contributed by atoms with E-state index in [9.17, 15) is 13.2 Å². The maximum atomic E-state index is 12.9. The third-order valence-electron chi connectivity index (χ3n) is 5.97. The summed E-state index contributed by atoms with van der Waals surface area (Å²) in [6.45, 7) is 7.85. The molecule has 2 fully saturated rings. The summed E-state index contributed by atoms with van der Waals surface area (Å²) < 4.78 is 27.7. The second-order valence-electron chi connectivity index (χ2n) is 8.68. The number of aryl methyl sites for hydroxylation is 1. The zero-order chi connectivity index (χ0) is 22.0. The topological polar surface area (TPSA) is 82.6 Å². The standard InChI is InChI=1S/C21H30N4O3S3/c1-15-5-3-9-24(11-15)13-18-14-29-21(22-18)23-20(26)17-6-4-10-25(12-17)31(27,28)19-8-7-16(2)30-19/h7-8,14-15,17H,3-6,9-13H2,1-2H3,(H,22,23,26). The summed E-state index contributed by atoms with van der Waals surface area (Å²) >= 11 is 2.71. The van der Waals surface area contributed by atoms with Gasteiger partial charge in [-0.05, 0) is 57.2 Å². The van der Waals surface area contributed by atoms with Crippen molar-refractivity contribution in [2.75, 3.05) is 31.5 Å². The van der Waals surface area contributed by atoms with Crippen molar-refractivity contribution in [1.29, 1.82) is 0 Å². The van der Waals surface area contributed by atoms with Gasteiger partial charge in [0, 0.05) is 36.4 Å². The number of thiazole rings is 1. The predicted octanol–water partition coefficient (Wildman–Crippen LogP) is 3.78. The highest BCUT2D eigenvalue weighted by Crippen LogP contribution is 2.29. The van der Waals surface area contributed by atoms with Crippen LogP contribution in [0.25, 0.3) is 0 Å². The Kier molecular flexibility index (Phi) is 7.12. The fourth-order valence-corrected chi connectivity index (χ4v) is 8.02. The Balaban J connectivity index is 1.35. The minimum Gasteiger partial charge on any atom is -0.302 e. The minimum atomic E-state index is -3.54. The first-order valence-electron chi connectivity index (χ1n) is 10.9. The zero-order valence-corrected chi connectivity index (χ0v) is 20.5. The second kappa shape index (κ2) is 9.66. The molecule has 2 atom stereocenters. The van der Waals surface area contributed by atoms with E-state index in [0.717, 1.165) is 36.1 Å². The van der Waals surface area contributed by atoms with Crippen molar-refractivity contribution < 1.29 is 13.2 Å². The van der Waals surface area contributed by atoms with Gasteiger partial charge in [-0.2, -0.15) is 4.31 Å². The molecule has 2 aliphatic heterocycles. The lowest BCUT2D eigenvalue weighted by Crippen LogP contribution is -2.43. The van der Waals surface area contributed by atoms with Crippen molar-refractivity contribution in [2.24, 2.45) is 11.8 Å². The van der Waals surface area contributed by atoms with Crippen molar-refractivity contribution in [2.45, 2.75) is 50.3 Å². The Labute approximate surface area is 192 Å².